The molecular weight excluding hydrogens is 342 g/mol. The van der Waals surface area contributed by atoms with Crippen molar-refractivity contribution in [2.75, 3.05) is 5.32 Å². The van der Waals surface area contributed by atoms with Crippen LogP contribution in [0.15, 0.2) is 42.5 Å². The topological polar surface area (TPSA) is 29.9 Å². The van der Waals surface area contributed by atoms with E-state index in [1.54, 1.807) is 0 Å². The summed E-state index contributed by atoms with van der Waals surface area (Å²) in [6.07, 6.45) is 7.13. The molecule has 1 atom stereocenters. The maximum absolute atomic E-state index is 5.00. The first-order chi connectivity index (χ1) is 13.5. The Hall–Kier alpha value is -2.29. The van der Waals surface area contributed by atoms with E-state index in [9.17, 15) is 0 Å². The van der Waals surface area contributed by atoms with Crippen LogP contribution in [0.1, 0.15) is 70.5 Å². The van der Waals surface area contributed by atoms with Gasteiger partial charge in [-0.3, -0.25) is 0 Å². The first-order valence-corrected chi connectivity index (χ1v) is 10.9. The van der Waals surface area contributed by atoms with Crippen molar-refractivity contribution >= 4 is 22.7 Å². The van der Waals surface area contributed by atoms with E-state index in [4.69, 9.17) is 4.98 Å². The lowest BCUT2D eigenvalue weighted by atomic mass is 9.75. The number of rotatable bonds is 5. The van der Waals surface area contributed by atoms with Gasteiger partial charge in [0.2, 0.25) is 5.95 Å². The van der Waals surface area contributed by atoms with Gasteiger partial charge in [-0.05, 0) is 66.8 Å². The molecule has 0 amide bonds. The molecule has 3 heteroatoms. The second kappa shape index (κ2) is 7.62. The number of hydrogen-bond donors (Lipinski definition) is 1. The fourth-order valence-corrected chi connectivity index (χ4v) is 4.78. The van der Waals surface area contributed by atoms with Crippen molar-refractivity contribution in [1.82, 2.24) is 9.55 Å². The fourth-order valence-electron chi connectivity index (χ4n) is 4.78. The summed E-state index contributed by atoms with van der Waals surface area (Å²) in [5.74, 6) is 0.989. The van der Waals surface area contributed by atoms with E-state index in [1.165, 1.54) is 48.0 Å². The van der Waals surface area contributed by atoms with E-state index in [0.717, 1.165) is 24.3 Å². The Morgan fingerprint density at radius 3 is 2.68 bits per heavy atom. The molecule has 148 valence electrons. The Labute approximate surface area is 169 Å². The van der Waals surface area contributed by atoms with Gasteiger partial charge in [0, 0.05) is 11.7 Å². The van der Waals surface area contributed by atoms with Crippen molar-refractivity contribution in [1.29, 1.82) is 0 Å². The minimum Gasteiger partial charge on any atom is -0.325 e. The number of fused-ring (bicyclic) bond motifs is 1. The largest absolute Gasteiger partial charge is 0.325 e. The number of hydrogen-bond acceptors (Lipinski definition) is 2. The summed E-state index contributed by atoms with van der Waals surface area (Å²) in [7, 11) is 0. The normalized spacial score (nSPS) is 19.1. The molecule has 1 saturated carbocycles. The second-order valence-electron chi connectivity index (χ2n) is 9.03. The van der Waals surface area contributed by atoms with Gasteiger partial charge < -0.3 is 9.88 Å². The molecule has 0 aliphatic heterocycles. The summed E-state index contributed by atoms with van der Waals surface area (Å²) in [6, 6.07) is 15.9. The monoisotopic (exact) mass is 375 g/mol. The van der Waals surface area contributed by atoms with Crippen LogP contribution >= 0.6 is 0 Å². The minimum absolute atomic E-state index is 0.392. The van der Waals surface area contributed by atoms with Gasteiger partial charge in [-0.15, -0.1) is 0 Å². The van der Waals surface area contributed by atoms with Crippen LogP contribution in [0, 0.1) is 5.41 Å². The Morgan fingerprint density at radius 1 is 1.11 bits per heavy atom. The molecular formula is C25H33N3. The highest BCUT2D eigenvalue weighted by atomic mass is 15.2. The number of nitrogens with one attached hydrogen (secondary N) is 1. The molecule has 1 aliphatic carbocycles. The van der Waals surface area contributed by atoms with Crippen LogP contribution in [-0.4, -0.2) is 9.55 Å². The average Bonchev–Trinajstić information content (AvgIpc) is 3.05. The summed E-state index contributed by atoms with van der Waals surface area (Å²) in [4.78, 5) is 5.00. The van der Waals surface area contributed by atoms with Gasteiger partial charge in [-0.25, -0.2) is 4.98 Å². The molecule has 1 aliphatic rings. The molecule has 1 N–H and O–H groups in total. The molecule has 2 aromatic carbocycles. The lowest BCUT2D eigenvalue weighted by molar-refractivity contribution is 0.187. The predicted octanol–water partition coefficient (Wildman–Crippen LogP) is 7.05. The Kier molecular flexibility index (Phi) is 5.18. The lowest BCUT2D eigenvalue weighted by Gasteiger charge is -2.36. The number of para-hydroxylation sites is 2. The molecule has 0 unspecified atom stereocenters. The summed E-state index contributed by atoms with van der Waals surface area (Å²) in [6.45, 7) is 9.26. The van der Waals surface area contributed by atoms with E-state index in [2.05, 4.69) is 80.0 Å². The quantitative estimate of drug-likeness (QED) is 0.518. The Balaban J connectivity index is 1.77. The molecule has 1 aromatic heterocycles. The summed E-state index contributed by atoms with van der Waals surface area (Å²) < 4.78 is 2.48. The van der Waals surface area contributed by atoms with Crippen molar-refractivity contribution in [3.05, 3.63) is 53.6 Å². The number of aryl methyl sites for hydroxylation is 2. The van der Waals surface area contributed by atoms with Crippen LogP contribution in [0.2, 0.25) is 0 Å². The van der Waals surface area contributed by atoms with Crippen molar-refractivity contribution in [3.63, 3.8) is 0 Å². The minimum atomic E-state index is 0.392. The number of benzene rings is 2. The van der Waals surface area contributed by atoms with E-state index < -0.39 is 0 Å². The van der Waals surface area contributed by atoms with Gasteiger partial charge in [0.05, 0.1) is 11.0 Å². The van der Waals surface area contributed by atoms with Crippen LogP contribution in [0.25, 0.3) is 11.0 Å². The highest BCUT2D eigenvalue weighted by Crippen LogP contribution is 2.43. The zero-order chi connectivity index (χ0) is 19.7. The van der Waals surface area contributed by atoms with Gasteiger partial charge in [0.15, 0.2) is 0 Å². The molecule has 0 saturated heterocycles. The third-order valence-corrected chi connectivity index (χ3v) is 6.35. The number of anilines is 2. The third-order valence-electron chi connectivity index (χ3n) is 6.35. The van der Waals surface area contributed by atoms with Crippen LogP contribution in [0.5, 0.6) is 0 Å². The van der Waals surface area contributed by atoms with Gasteiger partial charge in [0.1, 0.15) is 0 Å². The van der Waals surface area contributed by atoms with Crippen LogP contribution in [0.3, 0.4) is 0 Å². The Morgan fingerprint density at radius 2 is 1.93 bits per heavy atom. The van der Waals surface area contributed by atoms with Crippen LogP contribution in [-0.2, 0) is 12.8 Å². The highest BCUT2D eigenvalue weighted by molar-refractivity contribution is 5.80. The van der Waals surface area contributed by atoms with Crippen molar-refractivity contribution in [3.8, 4) is 0 Å². The van der Waals surface area contributed by atoms with E-state index >= 15 is 0 Å². The first-order valence-electron chi connectivity index (χ1n) is 10.9. The molecule has 28 heavy (non-hydrogen) atoms. The van der Waals surface area contributed by atoms with Gasteiger partial charge in [0.25, 0.3) is 0 Å². The molecule has 3 aromatic rings. The first kappa shape index (κ1) is 19.0. The highest BCUT2D eigenvalue weighted by Gasteiger charge is 2.31. The van der Waals surface area contributed by atoms with E-state index in [1.807, 2.05) is 0 Å². The third kappa shape index (κ3) is 3.67. The van der Waals surface area contributed by atoms with E-state index in [-0.39, 0.29) is 0 Å². The van der Waals surface area contributed by atoms with Gasteiger partial charge in [-0.2, -0.15) is 0 Å². The second-order valence-corrected chi connectivity index (χ2v) is 9.03. The average molecular weight is 376 g/mol. The molecule has 3 nitrogen and oxygen atoms in total. The lowest BCUT2D eigenvalue weighted by Crippen LogP contribution is -2.25. The molecule has 0 radical (unpaired) electrons. The molecule has 1 fully saturated rings. The van der Waals surface area contributed by atoms with Gasteiger partial charge in [-0.1, -0.05) is 58.4 Å². The van der Waals surface area contributed by atoms with E-state index in [0.29, 0.717) is 11.5 Å². The zero-order valence-electron chi connectivity index (χ0n) is 17.8. The van der Waals surface area contributed by atoms with Crippen LogP contribution < -0.4 is 5.32 Å². The molecule has 0 bridgehead atoms. The smallest absolute Gasteiger partial charge is 0.208 e. The fraction of sp³-hybridized carbons (Fsp3) is 0.480. The SMILES string of the molecule is CCc1ccc(Nc2nc3ccccc3n2[C@H]2CCCC(C)(C)C2)c(CC)c1. The standard InChI is InChI=1S/C25H33N3/c1-5-18-13-14-21(19(6-2)16-18)26-24-27-22-11-7-8-12-23(22)28(24)20-10-9-15-25(3,4)17-20/h7-8,11-14,16,20H,5-6,9-10,15,17H2,1-4H3,(H,26,27)/t20-/m0/s1. The van der Waals surface area contributed by atoms with Crippen molar-refractivity contribution in [2.45, 2.75) is 72.3 Å². The number of imidazole rings is 1. The summed E-state index contributed by atoms with van der Waals surface area (Å²) in [5.41, 5.74) is 6.66. The Bertz CT molecular complexity index is 967. The van der Waals surface area contributed by atoms with Crippen molar-refractivity contribution in [2.24, 2.45) is 5.41 Å². The maximum Gasteiger partial charge on any atom is 0.208 e. The predicted molar refractivity (Wildman–Crippen MR) is 119 cm³/mol. The number of nitrogens with zero attached hydrogens (tertiary/aromatic N) is 2. The summed E-state index contributed by atoms with van der Waals surface area (Å²) >= 11 is 0. The van der Waals surface area contributed by atoms with Gasteiger partial charge >= 0.3 is 0 Å². The van der Waals surface area contributed by atoms with Crippen molar-refractivity contribution < 1.29 is 0 Å². The number of aromatic nitrogens is 2. The summed E-state index contributed by atoms with van der Waals surface area (Å²) in [5, 5.41) is 3.71. The molecule has 0 spiro atoms. The molecule has 1 heterocycles. The zero-order valence-corrected chi connectivity index (χ0v) is 17.8. The van der Waals surface area contributed by atoms with Crippen LogP contribution in [0.4, 0.5) is 11.6 Å². The maximum atomic E-state index is 5.00. The molecule has 4 rings (SSSR count).